The van der Waals surface area contributed by atoms with Crippen LogP contribution in [0.25, 0.3) is 27.6 Å². The van der Waals surface area contributed by atoms with Crippen LogP contribution in [0.1, 0.15) is 0 Å². The molecule has 0 bridgehead atoms. The molecule has 0 unspecified atom stereocenters. The first-order chi connectivity index (χ1) is 15.3. The van der Waals surface area contributed by atoms with Crippen LogP contribution in [0.3, 0.4) is 0 Å². The number of amides is 1. The van der Waals surface area contributed by atoms with E-state index in [9.17, 15) is 10.1 Å². The predicted octanol–water partition coefficient (Wildman–Crippen LogP) is 4.68. The number of aromatic nitrogens is 3. The highest BCUT2D eigenvalue weighted by atomic mass is 32.2. The lowest BCUT2D eigenvalue weighted by Gasteiger charge is -2.19. The van der Waals surface area contributed by atoms with Crippen molar-refractivity contribution in [1.82, 2.24) is 14.4 Å². The molecule has 7 heteroatoms. The molecule has 0 fully saturated rings. The Kier molecular flexibility index (Phi) is 4.98. The Morgan fingerprint density at radius 3 is 2.45 bits per heavy atom. The molecular weight excluding hydrogens is 406 g/mol. The molecule has 31 heavy (non-hydrogen) atoms. The second-order valence-corrected chi connectivity index (χ2v) is 7.88. The second-order valence-electron chi connectivity index (χ2n) is 6.93. The van der Waals surface area contributed by atoms with E-state index in [0.717, 1.165) is 27.6 Å². The normalized spacial score (nSPS) is 11.1. The minimum Gasteiger partial charge on any atom is -0.298 e. The van der Waals surface area contributed by atoms with Gasteiger partial charge in [0, 0.05) is 11.1 Å². The van der Waals surface area contributed by atoms with Gasteiger partial charge in [-0.3, -0.25) is 14.1 Å². The van der Waals surface area contributed by atoms with E-state index in [-0.39, 0.29) is 18.2 Å². The average Bonchev–Trinajstić information content (AvgIpc) is 3.21. The van der Waals surface area contributed by atoms with Crippen molar-refractivity contribution in [3.05, 3.63) is 78.9 Å². The van der Waals surface area contributed by atoms with Crippen molar-refractivity contribution in [3.63, 3.8) is 0 Å². The number of para-hydroxylation sites is 4. The Bertz CT molecular complexity index is 1460. The number of fused-ring (bicyclic) bond motifs is 5. The van der Waals surface area contributed by atoms with Crippen LogP contribution in [-0.4, -0.2) is 32.6 Å². The van der Waals surface area contributed by atoms with Crippen LogP contribution in [0, 0.1) is 11.3 Å². The van der Waals surface area contributed by atoms with Gasteiger partial charge in [-0.1, -0.05) is 54.2 Å². The first kappa shape index (κ1) is 19.1. The fourth-order valence-corrected chi connectivity index (χ4v) is 4.50. The fourth-order valence-electron chi connectivity index (χ4n) is 3.62. The SMILES string of the molecule is N#CCN(C(=O)CSc1nc2ccccc2c2nc3ccccc3n12)c1ccccc1. The first-order valence-electron chi connectivity index (χ1n) is 9.77. The summed E-state index contributed by atoms with van der Waals surface area (Å²) in [5.74, 6) is 0.00838. The average molecular weight is 424 g/mol. The molecule has 0 radical (unpaired) electrons. The topological polar surface area (TPSA) is 74.3 Å². The summed E-state index contributed by atoms with van der Waals surface area (Å²) in [6.07, 6.45) is 0. The highest BCUT2D eigenvalue weighted by Gasteiger charge is 2.19. The highest BCUT2D eigenvalue weighted by molar-refractivity contribution is 7.99. The van der Waals surface area contributed by atoms with Crippen molar-refractivity contribution in [2.45, 2.75) is 5.16 Å². The molecule has 2 heterocycles. The smallest absolute Gasteiger partial charge is 0.238 e. The van der Waals surface area contributed by atoms with Crippen molar-refractivity contribution >= 4 is 50.9 Å². The van der Waals surface area contributed by atoms with Gasteiger partial charge in [0.15, 0.2) is 5.16 Å². The van der Waals surface area contributed by atoms with Gasteiger partial charge in [-0.15, -0.1) is 0 Å². The Morgan fingerprint density at radius 2 is 1.65 bits per heavy atom. The number of nitrogens with zero attached hydrogens (tertiary/aromatic N) is 5. The van der Waals surface area contributed by atoms with E-state index >= 15 is 0 Å². The number of hydrogen-bond acceptors (Lipinski definition) is 5. The summed E-state index contributed by atoms with van der Waals surface area (Å²) in [6.45, 7) is -0.00201. The molecule has 1 amide bonds. The van der Waals surface area contributed by atoms with Crippen molar-refractivity contribution < 1.29 is 4.79 Å². The Hall–Kier alpha value is -3.89. The Morgan fingerprint density at radius 1 is 0.935 bits per heavy atom. The number of benzene rings is 3. The van der Waals surface area contributed by atoms with Crippen LogP contribution in [0.2, 0.25) is 0 Å². The number of carbonyl (C=O) groups is 1. The van der Waals surface area contributed by atoms with E-state index in [1.807, 2.05) is 83.3 Å². The van der Waals surface area contributed by atoms with E-state index in [4.69, 9.17) is 9.97 Å². The molecule has 0 N–H and O–H groups in total. The molecule has 0 saturated carbocycles. The summed E-state index contributed by atoms with van der Waals surface area (Å²) in [4.78, 5) is 24.1. The molecular formula is C24H17N5OS. The molecule has 0 aliphatic carbocycles. The third kappa shape index (κ3) is 3.47. The number of carbonyl (C=O) groups excluding carboxylic acids is 1. The largest absolute Gasteiger partial charge is 0.298 e. The third-order valence-corrected chi connectivity index (χ3v) is 5.96. The van der Waals surface area contributed by atoms with E-state index in [1.54, 1.807) is 0 Å². The van der Waals surface area contributed by atoms with Crippen LogP contribution < -0.4 is 4.90 Å². The molecule has 5 aromatic rings. The Balaban J connectivity index is 1.55. The molecule has 0 atom stereocenters. The minimum absolute atomic E-state index is 0.00201. The molecule has 0 aliphatic rings. The van der Waals surface area contributed by atoms with E-state index in [2.05, 4.69) is 6.07 Å². The zero-order chi connectivity index (χ0) is 21.2. The summed E-state index contributed by atoms with van der Waals surface area (Å²) in [7, 11) is 0. The van der Waals surface area contributed by atoms with Crippen LogP contribution >= 0.6 is 11.8 Å². The summed E-state index contributed by atoms with van der Waals surface area (Å²) in [6, 6.07) is 27.1. The lowest BCUT2D eigenvalue weighted by atomic mass is 10.2. The highest BCUT2D eigenvalue weighted by Crippen LogP contribution is 2.29. The monoisotopic (exact) mass is 423 g/mol. The van der Waals surface area contributed by atoms with Crippen LogP contribution in [0.5, 0.6) is 0 Å². The Labute approximate surface area is 182 Å². The zero-order valence-corrected chi connectivity index (χ0v) is 17.3. The quantitative estimate of drug-likeness (QED) is 0.233. The summed E-state index contributed by atoms with van der Waals surface area (Å²) in [5.41, 5.74) is 4.18. The molecule has 0 aliphatic heterocycles. The van der Waals surface area contributed by atoms with Gasteiger partial charge in [0.1, 0.15) is 12.2 Å². The number of imidazole rings is 1. The van der Waals surface area contributed by atoms with Gasteiger partial charge in [0.05, 0.1) is 28.4 Å². The van der Waals surface area contributed by atoms with Gasteiger partial charge < -0.3 is 0 Å². The number of rotatable bonds is 5. The second kappa shape index (κ2) is 8.09. The maximum atomic E-state index is 13.0. The molecule has 3 aromatic carbocycles. The van der Waals surface area contributed by atoms with Crippen molar-refractivity contribution in [2.24, 2.45) is 0 Å². The third-order valence-electron chi connectivity index (χ3n) is 5.04. The molecule has 0 spiro atoms. The molecule has 6 nitrogen and oxygen atoms in total. The van der Waals surface area contributed by atoms with Gasteiger partial charge >= 0.3 is 0 Å². The van der Waals surface area contributed by atoms with Gasteiger partial charge in [-0.05, 0) is 36.4 Å². The van der Waals surface area contributed by atoms with Gasteiger partial charge in [0.25, 0.3) is 0 Å². The van der Waals surface area contributed by atoms with Gasteiger partial charge in [-0.25, -0.2) is 9.97 Å². The lowest BCUT2D eigenvalue weighted by Crippen LogP contribution is -2.32. The number of nitriles is 1. The van der Waals surface area contributed by atoms with Gasteiger partial charge in [-0.2, -0.15) is 5.26 Å². The first-order valence-corrected chi connectivity index (χ1v) is 10.8. The fraction of sp³-hybridized carbons (Fsp3) is 0.0833. The van der Waals surface area contributed by atoms with Crippen LogP contribution in [0.4, 0.5) is 5.69 Å². The molecule has 2 aromatic heterocycles. The molecule has 150 valence electrons. The lowest BCUT2D eigenvalue weighted by molar-refractivity contribution is -0.116. The van der Waals surface area contributed by atoms with Crippen LogP contribution in [-0.2, 0) is 4.79 Å². The van der Waals surface area contributed by atoms with Crippen molar-refractivity contribution in [2.75, 3.05) is 17.2 Å². The maximum absolute atomic E-state index is 13.0. The number of hydrogen-bond donors (Lipinski definition) is 0. The number of anilines is 1. The predicted molar refractivity (Wildman–Crippen MR) is 123 cm³/mol. The summed E-state index contributed by atoms with van der Waals surface area (Å²) >= 11 is 1.35. The maximum Gasteiger partial charge on any atom is 0.238 e. The summed E-state index contributed by atoms with van der Waals surface area (Å²) < 4.78 is 2.01. The van der Waals surface area contributed by atoms with Crippen LogP contribution in [0.15, 0.2) is 84.0 Å². The van der Waals surface area contributed by atoms with Gasteiger partial charge in [0.2, 0.25) is 5.91 Å². The minimum atomic E-state index is -0.148. The molecule has 0 saturated heterocycles. The number of thioether (sulfide) groups is 1. The van der Waals surface area contributed by atoms with E-state index in [1.165, 1.54) is 16.7 Å². The van der Waals surface area contributed by atoms with E-state index < -0.39 is 0 Å². The van der Waals surface area contributed by atoms with E-state index in [0.29, 0.717) is 10.8 Å². The van der Waals surface area contributed by atoms with Crippen molar-refractivity contribution in [1.29, 1.82) is 5.26 Å². The molecule has 5 rings (SSSR count). The zero-order valence-electron chi connectivity index (χ0n) is 16.5. The van der Waals surface area contributed by atoms with Crippen molar-refractivity contribution in [3.8, 4) is 6.07 Å². The summed E-state index contributed by atoms with van der Waals surface area (Å²) in [5, 5.41) is 10.9. The standard InChI is InChI=1S/C24H17N5OS/c25-14-15-28(17-8-2-1-3-9-17)22(30)16-31-24-27-19-11-5-4-10-18(19)23-26-20-12-6-7-13-21(20)29(23)24/h1-13H,15-16H2.